The van der Waals surface area contributed by atoms with Gasteiger partial charge in [-0.15, -0.1) is 0 Å². The fraction of sp³-hybridized carbons (Fsp3) is 0.368. The summed E-state index contributed by atoms with van der Waals surface area (Å²) in [5, 5.41) is 2.91. The molecule has 1 N–H and O–H groups in total. The van der Waals surface area contributed by atoms with E-state index in [1.54, 1.807) is 12.3 Å². The molecular weight excluding hydrogens is 304 g/mol. The van der Waals surface area contributed by atoms with Crippen LogP contribution in [0.2, 0.25) is 0 Å². The van der Waals surface area contributed by atoms with E-state index >= 15 is 0 Å². The van der Waals surface area contributed by atoms with E-state index < -0.39 is 0 Å². The Bertz CT molecular complexity index is 686. The van der Waals surface area contributed by atoms with Gasteiger partial charge in [0.1, 0.15) is 5.75 Å². The molecule has 0 aliphatic heterocycles. The predicted octanol–water partition coefficient (Wildman–Crippen LogP) is 3.51. The molecule has 1 aromatic carbocycles. The molecule has 1 amide bonds. The largest absolute Gasteiger partial charge is 0.494 e. The number of carbonyl (C=O) groups excluding carboxylic acids is 1. The zero-order valence-corrected chi connectivity index (χ0v) is 14.5. The maximum absolute atomic E-state index is 12.4. The molecule has 1 aromatic heterocycles. The molecular formula is C19H24N2O3. The number of aryl methyl sites for hydroxylation is 1. The van der Waals surface area contributed by atoms with Gasteiger partial charge < -0.3 is 14.8 Å². The molecule has 0 radical (unpaired) electrons. The third kappa shape index (κ3) is 4.72. The summed E-state index contributed by atoms with van der Waals surface area (Å²) in [6.45, 7) is 7.49. The Balaban J connectivity index is 2.02. The smallest absolute Gasteiger partial charge is 0.251 e. The van der Waals surface area contributed by atoms with Crippen LogP contribution in [0.3, 0.4) is 0 Å². The summed E-state index contributed by atoms with van der Waals surface area (Å²) in [4.78, 5) is 16.6. The number of hydrogen-bond donors (Lipinski definition) is 1. The van der Waals surface area contributed by atoms with Crippen LogP contribution < -0.4 is 14.8 Å². The van der Waals surface area contributed by atoms with Gasteiger partial charge >= 0.3 is 0 Å². The zero-order chi connectivity index (χ0) is 17.4. The highest BCUT2D eigenvalue weighted by atomic mass is 16.5. The molecule has 0 aliphatic rings. The third-order valence-corrected chi connectivity index (χ3v) is 3.47. The van der Waals surface area contributed by atoms with Gasteiger partial charge in [-0.1, -0.05) is 13.0 Å². The molecule has 1 heterocycles. The number of benzene rings is 1. The monoisotopic (exact) mass is 328 g/mol. The summed E-state index contributed by atoms with van der Waals surface area (Å²) < 4.78 is 11.1. The van der Waals surface area contributed by atoms with Crippen LogP contribution in [0.15, 0.2) is 36.5 Å². The predicted molar refractivity (Wildman–Crippen MR) is 93.5 cm³/mol. The maximum atomic E-state index is 12.4. The summed E-state index contributed by atoms with van der Waals surface area (Å²) in [7, 11) is 0. The standard InChI is InChI=1S/C19H24N2O3/c1-4-11-24-19-16(7-6-10-20-19)13-21-18(22)15-8-9-17(23-5-2)14(3)12-15/h6-10,12H,4-5,11,13H2,1-3H3,(H,21,22). The van der Waals surface area contributed by atoms with Crippen molar-refractivity contribution in [2.24, 2.45) is 0 Å². The number of nitrogens with zero attached hydrogens (tertiary/aromatic N) is 1. The van der Waals surface area contributed by atoms with E-state index in [4.69, 9.17) is 9.47 Å². The maximum Gasteiger partial charge on any atom is 0.251 e. The van der Waals surface area contributed by atoms with Gasteiger partial charge in [0, 0.05) is 23.9 Å². The van der Waals surface area contributed by atoms with Gasteiger partial charge in [0.15, 0.2) is 0 Å². The molecule has 128 valence electrons. The van der Waals surface area contributed by atoms with Crippen molar-refractivity contribution in [3.8, 4) is 11.6 Å². The van der Waals surface area contributed by atoms with E-state index in [1.165, 1.54) is 0 Å². The quantitative estimate of drug-likeness (QED) is 0.805. The lowest BCUT2D eigenvalue weighted by Gasteiger charge is -2.12. The minimum Gasteiger partial charge on any atom is -0.494 e. The van der Waals surface area contributed by atoms with Gasteiger partial charge in [0.25, 0.3) is 5.91 Å². The molecule has 0 aliphatic carbocycles. The molecule has 0 spiro atoms. The molecule has 0 bridgehead atoms. The molecule has 24 heavy (non-hydrogen) atoms. The highest BCUT2D eigenvalue weighted by molar-refractivity contribution is 5.94. The minimum atomic E-state index is -0.133. The van der Waals surface area contributed by atoms with Crippen LogP contribution in [-0.4, -0.2) is 24.1 Å². The molecule has 0 atom stereocenters. The van der Waals surface area contributed by atoms with Gasteiger partial charge in [-0.2, -0.15) is 0 Å². The van der Waals surface area contributed by atoms with E-state index in [9.17, 15) is 4.79 Å². The molecule has 5 heteroatoms. The van der Waals surface area contributed by atoms with E-state index in [1.807, 2.05) is 45.0 Å². The molecule has 2 aromatic rings. The van der Waals surface area contributed by atoms with Gasteiger partial charge in [-0.3, -0.25) is 4.79 Å². The highest BCUT2D eigenvalue weighted by Crippen LogP contribution is 2.19. The van der Waals surface area contributed by atoms with Crippen molar-refractivity contribution in [1.82, 2.24) is 10.3 Å². The van der Waals surface area contributed by atoms with E-state index in [-0.39, 0.29) is 5.91 Å². The number of amides is 1. The van der Waals surface area contributed by atoms with E-state index in [0.717, 1.165) is 23.3 Å². The number of ether oxygens (including phenoxy) is 2. The van der Waals surface area contributed by atoms with Crippen LogP contribution in [0.4, 0.5) is 0 Å². The number of pyridine rings is 1. The van der Waals surface area contributed by atoms with Crippen LogP contribution in [0.5, 0.6) is 11.6 Å². The van der Waals surface area contributed by atoms with Crippen molar-refractivity contribution in [2.45, 2.75) is 33.7 Å². The van der Waals surface area contributed by atoms with Gasteiger partial charge in [0.05, 0.1) is 13.2 Å². The second kappa shape index (κ2) is 8.91. The Morgan fingerprint density at radius 2 is 2.04 bits per heavy atom. The molecule has 0 fully saturated rings. The van der Waals surface area contributed by atoms with Crippen LogP contribution in [-0.2, 0) is 6.54 Å². The summed E-state index contributed by atoms with van der Waals surface area (Å²) in [5.74, 6) is 1.24. The van der Waals surface area contributed by atoms with Gasteiger partial charge in [-0.25, -0.2) is 4.98 Å². The normalized spacial score (nSPS) is 10.3. The third-order valence-electron chi connectivity index (χ3n) is 3.47. The first-order valence-electron chi connectivity index (χ1n) is 8.24. The van der Waals surface area contributed by atoms with Gasteiger partial charge in [0.2, 0.25) is 5.88 Å². The summed E-state index contributed by atoms with van der Waals surface area (Å²) >= 11 is 0. The minimum absolute atomic E-state index is 0.133. The van der Waals surface area contributed by atoms with Crippen molar-refractivity contribution >= 4 is 5.91 Å². The lowest BCUT2D eigenvalue weighted by atomic mass is 10.1. The van der Waals surface area contributed by atoms with Crippen molar-refractivity contribution in [1.29, 1.82) is 0 Å². The highest BCUT2D eigenvalue weighted by Gasteiger charge is 2.10. The second-order valence-electron chi connectivity index (χ2n) is 5.41. The molecule has 5 nitrogen and oxygen atoms in total. The summed E-state index contributed by atoms with van der Waals surface area (Å²) in [6, 6.07) is 9.17. The van der Waals surface area contributed by atoms with E-state index in [2.05, 4.69) is 10.3 Å². The molecule has 0 unspecified atom stereocenters. The molecule has 2 rings (SSSR count). The zero-order valence-electron chi connectivity index (χ0n) is 14.5. The number of hydrogen-bond acceptors (Lipinski definition) is 4. The van der Waals surface area contributed by atoms with Crippen LogP contribution >= 0.6 is 0 Å². The first kappa shape index (κ1) is 17.8. The lowest BCUT2D eigenvalue weighted by Crippen LogP contribution is -2.23. The Labute approximate surface area is 143 Å². The van der Waals surface area contributed by atoms with Crippen molar-refractivity contribution in [3.63, 3.8) is 0 Å². The first-order chi connectivity index (χ1) is 11.7. The Hall–Kier alpha value is -2.56. The van der Waals surface area contributed by atoms with Crippen molar-refractivity contribution in [3.05, 3.63) is 53.2 Å². The summed E-state index contributed by atoms with van der Waals surface area (Å²) in [6.07, 6.45) is 2.60. The SMILES string of the molecule is CCCOc1ncccc1CNC(=O)c1ccc(OCC)c(C)c1. The fourth-order valence-corrected chi connectivity index (χ4v) is 2.27. The average molecular weight is 328 g/mol. The van der Waals surface area contributed by atoms with E-state index in [0.29, 0.717) is 31.2 Å². The summed E-state index contributed by atoms with van der Waals surface area (Å²) in [5.41, 5.74) is 2.41. The molecule has 0 saturated carbocycles. The second-order valence-corrected chi connectivity index (χ2v) is 5.41. The van der Waals surface area contributed by atoms with Crippen molar-refractivity contribution in [2.75, 3.05) is 13.2 Å². The fourth-order valence-electron chi connectivity index (χ4n) is 2.27. The Kier molecular flexibility index (Phi) is 6.61. The number of rotatable bonds is 8. The first-order valence-corrected chi connectivity index (χ1v) is 8.24. The number of carbonyl (C=O) groups is 1. The van der Waals surface area contributed by atoms with Gasteiger partial charge in [-0.05, 0) is 50.1 Å². The molecule has 0 saturated heterocycles. The number of aromatic nitrogens is 1. The van der Waals surface area contributed by atoms with Crippen molar-refractivity contribution < 1.29 is 14.3 Å². The lowest BCUT2D eigenvalue weighted by molar-refractivity contribution is 0.0950. The number of nitrogens with one attached hydrogen (secondary N) is 1. The van der Waals surface area contributed by atoms with Crippen LogP contribution in [0, 0.1) is 6.92 Å². The average Bonchev–Trinajstić information content (AvgIpc) is 2.60. The Morgan fingerprint density at radius 1 is 1.21 bits per heavy atom. The Morgan fingerprint density at radius 3 is 2.75 bits per heavy atom. The van der Waals surface area contributed by atoms with Crippen LogP contribution in [0.1, 0.15) is 41.8 Å². The van der Waals surface area contributed by atoms with Crippen LogP contribution in [0.25, 0.3) is 0 Å². The topological polar surface area (TPSA) is 60.5 Å².